The first-order valence-electron chi connectivity index (χ1n) is 9.31. The van der Waals surface area contributed by atoms with Gasteiger partial charge in [0.2, 0.25) is 0 Å². The lowest BCUT2D eigenvalue weighted by Gasteiger charge is -2.49. The second kappa shape index (κ2) is 8.47. The maximum atomic E-state index is 12.3. The predicted molar refractivity (Wildman–Crippen MR) is 92.2 cm³/mol. The standard InChI is InChI=1S/C17H32N4O3/c1-20-6-4-17(5-7-20,21-8-12-24-13-9-21)14-18-16(22)19-15-2-10-23-11-3-15/h15H,2-14H2,1H3,(H2,18,19,22). The molecule has 24 heavy (non-hydrogen) atoms. The van der Waals surface area contributed by atoms with E-state index in [1.807, 2.05) is 0 Å². The number of rotatable bonds is 4. The molecule has 2 amide bonds. The van der Waals surface area contributed by atoms with Crippen LogP contribution in [0.5, 0.6) is 0 Å². The van der Waals surface area contributed by atoms with E-state index in [2.05, 4.69) is 27.5 Å². The highest BCUT2D eigenvalue weighted by atomic mass is 16.5. The minimum atomic E-state index is -0.0338. The second-order valence-corrected chi connectivity index (χ2v) is 7.34. The number of nitrogens with one attached hydrogen (secondary N) is 2. The van der Waals surface area contributed by atoms with Gasteiger partial charge < -0.3 is 25.0 Å². The van der Waals surface area contributed by atoms with Crippen LogP contribution in [0.15, 0.2) is 0 Å². The van der Waals surface area contributed by atoms with Crippen LogP contribution in [0.2, 0.25) is 0 Å². The molecule has 0 atom stereocenters. The van der Waals surface area contributed by atoms with Crippen LogP contribution >= 0.6 is 0 Å². The lowest BCUT2D eigenvalue weighted by atomic mass is 9.85. The molecule has 0 spiro atoms. The summed E-state index contributed by atoms with van der Waals surface area (Å²) >= 11 is 0. The zero-order valence-corrected chi connectivity index (χ0v) is 14.9. The van der Waals surface area contributed by atoms with Gasteiger partial charge in [-0.25, -0.2) is 4.79 Å². The smallest absolute Gasteiger partial charge is 0.315 e. The van der Waals surface area contributed by atoms with Gasteiger partial charge in [-0.1, -0.05) is 0 Å². The van der Waals surface area contributed by atoms with Crippen molar-refractivity contribution in [2.24, 2.45) is 0 Å². The summed E-state index contributed by atoms with van der Waals surface area (Å²) in [5.74, 6) is 0. The molecule has 7 heteroatoms. The second-order valence-electron chi connectivity index (χ2n) is 7.34. The number of hydrogen-bond acceptors (Lipinski definition) is 5. The molecule has 3 heterocycles. The summed E-state index contributed by atoms with van der Waals surface area (Å²) in [4.78, 5) is 17.2. The first-order valence-corrected chi connectivity index (χ1v) is 9.31. The van der Waals surface area contributed by atoms with Crippen molar-refractivity contribution in [3.05, 3.63) is 0 Å². The molecule has 0 unspecified atom stereocenters. The van der Waals surface area contributed by atoms with Crippen LogP contribution in [0.4, 0.5) is 4.79 Å². The van der Waals surface area contributed by atoms with Crippen molar-refractivity contribution in [2.45, 2.75) is 37.3 Å². The van der Waals surface area contributed by atoms with Gasteiger partial charge in [-0.15, -0.1) is 0 Å². The van der Waals surface area contributed by atoms with Crippen LogP contribution in [-0.4, -0.2) is 93.6 Å². The Bertz CT molecular complexity index is 401. The highest BCUT2D eigenvalue weighted by Crippen LogP contribution is 2.29. The lowest BCUT2D eigenvalue weighted by Crippen LogP contribution is -2.63. The van der Waals surface area contributed by atoms with E-state index in [0.717, 1.165) is 84.8 Å². The van der Waals surface area contributed by atoms with E-state index in [9.17, 15) is 4.79 Å². The van der Waals surface area contributed by atoms with Crippen molar-refractivity contribution in [1.29, 1.82) is 0 Å². The van der Waals surface area contributed by atoms with E-state index >= 15 is 0 Å². The van der Waals surface area contributed by atoms with Crippen LogP contribution in [0.1, 0.15) is 25.7 Å². The van der Waals surface area contributed by atoms with Gasteiger partial charge in [-0.2, -0.15) is 0 Å². The normalized spacial score (nSPS) is 26.9. The zero-order chi connectivity index (χ0) is 16.8. The van der Waals surface area contributed by atoms with E-state index in [0.29, 0.717) is 0 Å². The van der Waals surface area contributed by atoms with E-state index in [1.54, 1.807) is 0 Å². The third kappa shape index (κ3) is 4.59. The number of likely N-dealkylation sites (tertiary alicyclic amines) is 1. The molecule has 3 fully saturated rings. The van der Waals surface area contributed by atoms with Crippen LogP contribution in [0.3, 0.4) is 0 Å². The third-order valence-electron chi connectivity index (χ3n) is 5.73. The van der Waals surface area contributed by atoms with Gasteiger partial charge in [0.05, 0.1) is 13.2 Å². The molecule has 3 aliphatic rings. The Kier molecular flexibility index (Phi) is 6.32. The van der Waals surface area contributed by atoms with Crippen molar-refractivity contribution >= 4 is 6.03 Å². The number of morpholine rings is 1. The van der Waals surface area contributed by atoms with Crippen molar-refractivity contribution < 1.29 is 14.3 Å². The Hall–Kier alpha value is -0.890. The molecule has 0 bridgehead atoms. The summed E-state index contributed by atoms with van der Waals surface area (Å²) in [7, 11) is 2.18. The van der Waals surface area contributed by atoms with Crippen molar-refractivity contribution in [3.63, 3.8) is 0 Å². The molecular formula is C17H32N4O3. The number of urea groups is 1. The van der Waals surface area contributed by atoms with Crippen LogP contribution < -0.4 is 10.6 Å². The monoisotopic (exact) mass is 340 g/mol. The van der Waals surface area contributed by atoms with Gasteiger partial charge in [0.15, 0.2) is 0 Å². The summed E-state index contributed by atoms with van der Waals surface area (Å²) < 4.78 is 10.9. The highest BCUT2D eigenvalue weighted by molar-refractivity contribution is 5.74. The summed E-state index contributed by atoms with van der Waals surface area (Å²) in [6.45, 7) is 7.90. The maximum absolute atomic E-state index is 12.3. The average Bonchev–Trinajstić information content (AvgIpc) is 2.63. The summed E-state index contributed by atoms with van der Waals surface area (Å²) in [5.41, 5.74) is 0.0727. The molecule has 0 aliphatic carbocycles. The zero-order valence-electron chi connectivity index (χ0n) is 14.9. The average molecular weight is 340 g/mol. The van der Waals surface area contributed by atoms with E-state index in [1.165, 1.54) is 0 Å². The van der Waals surface area contributed by atoms with Crippen LogP contribution in [0, 0.1) is 0 Å². The van der Waals surface area contributed by atoms with Gasteiger partial charge in [-0.3, -0.25) is 4.90 Å². The van der Waals surface area contributed by atoms with Crippen molar-refractivity contribution in [1.82, 2.24) is 20.4 Å². The van der Waals surface area contributed by atoms with Crippen molar-refractivity contribution in [2.75, 3.05) is 66.2 Å². The molecule has 3 saturated heterocycles. The molecule has 0 aromatic rings. The largest absolute Gasteiger partial charge is 0.381 e. The number of piperidine rings is 1. The minimum Gasteiger partial charge on any atom is -0.381 e. The summed E-state index contributed by atoms with van der Waals surface area (Å²) in [6, 6.07) is 0.212. The number of carbonyl (C=O) groups excluding carboxylic acids is 1. The lowest BCUT2D eigenvalue weighted by molar-refractivity contribution is -0.0436. The predicted octanol–water partition coefficient (Wildman–Crippen LogP) is 0.261. The first-order chi connectivity index (χ1) is 11.7. The number of carbonyl (C=O) groups is 1. The number of nitrogens with zero attached hydrogens (tertiary/aromatic N) is 2. The molecule has 3 aliphatic heterocycles. The number of hydrogen-bond donors (Lipinski definition) is 2. The molecule has 2 N–H and O–H groups in total. The highest BCUT2D eigenvalue weighted by Gasteiger charge is 2.40. The number of ether oxygens (including phenoxy) is 2. The van der Waals surface area contributed by atoms with Crippen LogP contribution in [-0.2, 0) is 9.47 Å². The molecular weight excluding hydrogens is 308 g/mol. The van der Waals surface area contributed by atoms with Gasteiger partial charge in [-0.05, 0) is 45.8 Å². The van der Waals surface area contributed by atoms with Gasteiger partial charge in [0, 0.05) is 44.4 Å². The van der Waals surface area contributed by atoms with E-state index in [4.69, 9.17) is 9.47 Å². The fourth-order valence-electron chi connectivity index (χ4n) is 4.00. The summed E-state index contributed by atoms with van der Waals surface area (Å²) in [6.07, 6.45) is 4.02. The van der Waals surface area contributed by atoms with Crippen LogP contribution in [0.25, 0.3) is 0 Å². The SMILES string of the molecule is CN1CCC(CNC(=O)NC2CCOCC2)(N2CCOCC2)CC1. The fourth-order valence-corrected chi connectivity index (χ4v) is 4.00. The molecule has 0 saturated carbocycles. The first kappa shape index (κ1) is 17.9. The Morgan fingerprint density at radius 2 is 1.67 bits per heavy atom. The Morgan fingerprint density at radius 3 is 2.33 bits per heavy atom. The Labute approximate surface area is 145 Å². The van der Waals surface area contributed by atoms with E-state index in [-0.39, 0.29) is 17.6 Å². The molecule has 138 valence electrons. The quantitative estimate of drug-likeness (QED) is 0.769. The van der Waals surface area contributed by atoms with Gasteiger partial charge in [0.1, 0.15) is 0 Å². The molecule has 3 rings (SSSR count). The molecule has 0 aromatic carbocycles. The molecule has 0 radical (unpaired) electrons. The summed E-state index contributed by atoms with van der Waals surface area (Å²) in [5, 5.41) is 6.26. The maximum Gasteiger partial charge on any atom is 0.315 e. The topological polar surface area (TPSA) is 66.1 Å². The third-order valence-corrected chi connectivity index (χ3v) is 5.73. The Morgan fingerprint density at radius 1 is 1.04 bits per heavy atom. The minimum absolute atomic E-state index is 0.0338. The number of amides is 2. The van der Waals surface area contributed by atoms with Gasteiger partial charge in [0.25, 0.3) is 0 Å². The van der Waals surface area contributed by atoms with Gasteiger partial charge >= 0.3 is 6.03 Å². The Balaban J connectivity index is 1.54. The fraction of sp³-hybridized carbons (Fsp3) is 0.941. The van der Waals surface area contributed by atoms with E-state index < -0.39 is 0 Å². The molecule has 7 nitrogen and oxygen atoms in total. The van der Waals surface area contributed by atoms with Crippen molar-refractivity contribution in [3.8, 4) is 0 Å². The molecule has 0 aromatic heterocycles.